The van der Waals surface area contributed by atoms with Gasteiger partial charge in [0, 0.05) is 0 Å². The second-order valence-corrected chi connectivity index (χ2v) is 5.84. The maximum absolute atomic E-state index is 11.2. The number of para-hydroxylation sites is 1. The van der Waals surface area contributed by atoms with Crippen LogP contribution in [0.15, 0.2) is 69.7 Å². The van der Waals surface area contributed by atoms with E-state index in [1.54, 1.807) is 6.07 Å². The lowest BCUT2D eigenvalue weighted by Crippen LogP contribution is -2.25. The first kappa shape index (κ1) is 16.0. The fraction of sp³-hybridized carbons (Fsp3) is 0. The summed E-state index contributed by atoms with van der Waals surface area (Å²) in [4.78, 5) is -0.336. The fourth-order valence-electron chi connectivity index (χ4n) is 1.53. The van der Waals surface area contributed by atoms with Crippen LogP contribution < -0.4 is 10.9 Å². The highest BCUT2D eigenvalue weighted by molar-refractivity contribution is 7.86. The third kappa shape index (κ3) is 4.58. The van der Waals surface area contributed by atoms with Gasteiger partial charge in [0.15, 0.2) is 0 Å². The maximum atomic E-state index is 11.2. The molecular weight excluding hydrogens is 324 g/mol. The van der Waals surface area contributed by atoms with Gasteiger partial charge in [-0.25, -0.2) is 0 Å². The number of thiocarbonyl (C=S) groups is 1. The quantitative estimate of drug-likeness (QED) is 0.343. The molecule has 0 atom stereocenters. The zero-order valence-electron chi connectivity index (χ0n) is 11.2. The third-order valence-electron chi connectivity index (χ3n) is 2.48. The molecule has 3 N–H and O–H groups in total. The van der Waals surface area contributed by atoms with Crippen molar-refractivity contribution in [2.75, 3.05) is 5.43 Å². The Morgan fingerprint density at radius 2 is 1.68 bits per heavy atom. The van der Waals surface area contributed by atoms with Crippen molar-refractivity contribution in [2.24, 2.45) is 10.2 Å². The Kier molecular flexibility index (Phi) is 5.15. The largest absolute Gasteiger partial charge is 0.299 e. The zero-order chi connectivity index (χ0) is 16.0. The molecule has 0 spiro atoms. The van der Waals surface area contributed by atoms with Gasteiger partial charge in [-0.2, -0.15) is 8.42 Å². The predicted molar refractivity (Wildman–Crippen MR) is 86.6 cm³/mol. The van der Waals surface area contributed by atoms with Gasteiger partial charge in [-0.15, -0.1) is 10.2 Å². The van der Waals surface area contributed by atoms with Crippen LogP contribution in [-0.4, -0.2) is 18.1 Å². The summed E-state index contributed by atoms with van der Waals surface area (Å²) in [5.41, 5.74) is 6.22. The van der Waals surface area contributed by atoms with Gasteiger partial charge >= 0.3 is 0 Å². The molecule has 0 saturated heterocycles. The molecule has 0 aromatic heterocycles. The van der Waals surface area contributed by atoms with Crippen molar-refractivity contribution >= 4 is 38.8 Å². The van der Waals surface area contributed by atoms with Crippen molar-refractivity contribution in [3.05, 3.63) is 54.6 Å². The topological polar surface area (TPSA) is 103 Å². The summed E-state index contributed by atoms with van der Waals surface area (Å²) >= 11 is 4.94. The predicted octanol–water partition coefficient (Wildman–Crippen LogP) is 2.92. The highest BCUT2D eigenvalue weighted by atomic mass is 32.2. The molecule has 2 rings (SSSR count). The Morgan fingerprint density at radius 1 is 1.05 bits per heavy atom. The Bertz CT molecular complexity index is 792. The number of azo groups is 1. The van der Waals surface area contributed by atoms with Crippen molar-refractivity contribution in [1.29, 1.82) is 0 Å². The molecular formula is C13H12N4O3S2. The number of hydrogen-bond donors (Lipinski definition) is 3. The van der Waals surface area contributed by atoms with E-state index in [-0.39, 0.29) is 15.7 Å². The van der Waals surface area contributed by atoms with Gasteiger partial charge in [0.2, 0.25) is 5.11 Å². The van der Waals surface area contributed by atoms with Crippen LogP contribution in [0, 0.1) is 0 Å². The average Bonchev–Trinajstić information content (AvgIpc) is 2.51. The van der Waals surface area contributed by atoms with Crippen LogP contribution in [0.2, 0.25) is 0 Å². The molecule has 0 fully saturated rings. The van der Waals surface area contributed by atoms with E-state index in [1.807, 2.05) is 30.3 Å². The molecule has 2 aromatic rings. The normalized spacial score (nSPS) is 11.3. The van der Waals surface area contributed by atoms with Gasteiger partial charge in [0.1, 0.15) is 10.6 Å². The molecule has 114 valence electrons. The monoisotopic (exact) mass is 336 g/mol. The molecule has 0 radical (unpaired) electrons. The Labute approximate surface area is 132 Å². The van der Waals surface area contributed by atoms with Gasteiger partial charge in [0.05, 0.1) is 5.69 Å². The lowest BCUT2D eigenvalue weighted by Gasteiger charge is -2.06. The van der Waals surface area contributed by atoms with E-state index >= 15 is 0 Å². The van der Waals surface area contributed by atoms with Crippen LogP contribution in [0.3, 0.4) is 0 Å². The first-order valence-corrected chi connectivity index (χ1v) is 7.91. The zero-order valence-corrected chi connectivity index (χ0v) is 12.8. The molecule has 0 saturated carbocycles. The van der Waals surface area contributed by atoms with Gasteiger partial charge in [0.25, 0.3) is 10.1 Å². The Morgan fingerprint density at radius 3 is 2.36 bits per heavy atom. The number of hydrazine groups is 1. The van der Waals surface area contributed by atoms with Crippen molar-refractivity contribution < 1.29 is 13.0 Å². The highest BCUT2D eigenvalue weighted by Crippen LogP contribution is 2.23. The number of nitrogens with one attached hydrogen (secondary N) is 2. The fourth-order valence-corrected chi connectivity index (χ4v) is 2.24. The molecule has 0 aliphatic rings. The van der Waals surface area contributed by atoms with Crippen LogP contribution in [0.1, 0.15) is 0 Å². The molecule has 9 heteroatoms. The summed E-state index contributed by atoms with van der Waals surface area (Å²) in [5.74, 6) is 0. The number of nitrogens with zero attached hydrogens (tertiary/aromatic N) is 2. The lowest BCUT2D eigenvalue weighted by molar-refractivity contribution is 0.483. The summed E-state index contributed by atoms with van der Waals surface area (Å²) in [5, 5.41) is 7.43. The molecule has 0 aliphatic carbocycles. The van der Waals surface area contributed by atoms with E-state index in [9.17, 15) is 8.42 Å². The van der Waals surface area contributed by atoms with E-state index < -0.39 is 10.1 Å². The minimum absolute atomic E-state index is 0.00568. The molecule has 0 aliphatic heterocycles. The summed E-state index contributed by atoms with van der Waals surface area (Å²) < 4.78 is 31.5. The minimum atomic E-state index is -4.37. The van der Waals surface area contributed by atoms with Crippen LogP contribution in [0.4, 0.5) is 11.4 Å². The first-order chi connectivity index (χ1) is 10.5. The second kappa shape index (κ2) is 7.07. The van der Waals surface area contributed by atoms with Crippen LogP contribution >= 0.6 is 12.2 Å². The smallest absolute Gasteiger partial charge is 0.296 e. The van der Waals surface area contributed by atoms with Crippen LogP contribution in [0.25, 0.3) is 0 Å². The van der Waals surface area contributed by atoms with Crippen LogP contribution in [0.5, 0.6) is 0 Å². The summed E-state index contributed by atoms with van der Waals surface area (Å²) in [6.07, 6.45) is 0. The molecule has 22 heavy (non-hydrogen) atoms. The van der Waals surface area contributed by atoms with Crippen molar-refractivity contribution in [3.63, 3.8) is 0 Å². The number of benzene rings is 2. The molecule has 0 amide bonds. The first-order valence-electron chi connectivity index (χ1n) is 6.06. The summed E-state index contributed by atoms with van der Waals surface area (Å²) in [7, 11) is -4.37. The second-order valence-electron chi connectivity index (χ2n) is 4.06. The van der Waals surface area contributed by atoms with E-state index in [0.717, 1.165) is 5.69 Å². The average molecular weight is 336 g/mol. The number of hydrogen-bond acceptors (Lipinski definition) is 5. The van der Waals surface area contributed by atoms with E-state index in [0.29, 0.717) is 0 Å². The van der Waals surface area contributed by atoms with E-state index in [1.165, 1.54) is 18.2 Å². The van der Waals surface area contributed by atoms with Gasteiger partial charge in [-0.05, 0) is 36.5 Å². The van der Waals surface area contributed by atoms with Crippen molar-refractivity contribution in [3.8, 4) is 0 Å². The Balaban J connectivity index is 2.05. The third-order valence-corrected chi connectivity index (χ3v) is 3.56. The molecule has 0 heterocycles. The van der Waals surface area contributed by atoms with E-state index in [4.69, 9.17) is 16.8 Å². The maximum Gasteiger partial charge on any atom is 0.296 e. The summed E-state index contributed by atoms with van der Waals surface area (Å²) in [6.45, 7) is 0. The lowest BCUT2D eigenvalue weighted by atomic mass is 10.3. The highest BCUT2D eigenvalue weighted by Gasteiger charge is 2.14. The van der Waals surface area contributed by atoms with E-state index in [2.05, 4.69) is 21.1 Å². The van der Waals surface area contributed by atoms with Gasteiger partial charge in [-0.1, -0.05) is 30.3 Å². The van der Waals surface area contributed by atoms with Gasteiger partial charge < -0.3 is 0 Å². The minimum Gasteiger partial charge on any atom is -0.299 e. The standard InChI is InChI=1S/C13H12N4O3S2/c18-22(19,20)12-9-5-4-8-11(12)15-17-13(21)16-14-10-6-2-1-3-7-10/h1-9,14H,(H,16,21)(H,18,19,20). The molecule has 2 aromatic carbocycles. The van der Waals surface area contributed by atoms with Gasteiger partial charge in [-0.3, -0.25) is 15.4 Å². The molecule has 0 unspecified atom stereocenters. The Hall–Kier alpha value is -2.36. The number of anilines is 1. The SMILES string of the molecule is O=S(=O)(O)c1ccccc1N=NC(=S)NNc1ccccc1. The molecule has 7 nitrogen and oxygen atoms in total. The summed E-state index contributed by atoms with van der Waals surface area (Å²) in [6, 6.07) is 14.9. The number of rotatable bonds is 4. The van der Waals surface area contributed by atoms with Crippen molar-refractivity contribution in [2.45, 2.75) is 4.90 Å². The van der Waals surface area contributed by atoms with Crippen LogP contribution in [-0.2, 0) is 10.1 Å². The molecule has 0 bridgehead atoms. The van der Waals surface area contributed by atoms with Crippen molar-refractivity contribution in [1.82, 2.24) is 5.43 Å².